The van der Waals surface area contributed by atoms with Crippen LogP contribution in [0.5, 0.6) is 0 Å². The minimum absolute atomic E-state index is 0.207. The Morgan fingerprint density at radius 3 is 1.18 bits per heavy atom. The van der Waals surface area contributed by atoms with E-state index in [0.717, 1.165) is 0 Å². The van der Waals surface area contributed by atoms with Gasteiger partial charge in [0.25, 0.3) is 0 Å². The quantitative estimate of drug-likeness (QED) is 0.174. The van der Waals surface area contributed by atoms with Gasteiger partial charge in [0, 0.05) is 5.41 Å². The molecule has 0 heteroatoms. The summed E-state index contributed by atoms with van der Waals surface area (Å²) >= 11 is 0. The molecule has 0 N–H and O–H groups in total. The van der Waals surface area contributed by atoms with Gasteiger partial charge in [0.15, 0.2) is 0 Å². The van der Waals surface area contributed by atoms with E-state index in [4.69, 9.17) is 0 Å². The van der Waals surface area contributed by atoms with Crippen molar-refractivity contribution in [2.24, 2.45) is 0 Å². The summed E-state index contributed by atoms with van der Waals surface area (Å²) in [6.07, 6.45) is 0. The maximum atomic E-state index is 2.45. The molecule has 8 aromatic carbocycles. The summed E-state index contributed by atoms with van der Waals surface area (Å²) < 4.78 is 0. The second-order valence-corrected chi connectivity index (χ2v) is 14.2. The topological polar surface area (TPSA) is 0 Å². The maximum Gasteiger partial charge on any atom is 0.0713 e. The molecule has 2 aliphatic carbocycles. The molecule has 0 heterocycles. The molecule has 0 bridgehead atoms. The molecule has 0 radical (unpaired) electrons. The molecule has 2 aliphatic rings. The van der Waals surface area contributed by atoms with E-state index in [9.17, 15) is 0 Å². The van der Waals surface area contributed by atoms with Crippen LogP contribution in [0.3, 0.4) is 0 Å². The smallest absolute Gasteiger partial charge is 0.0622 e. The van der Waals surface area contributed by atoms with Crippen LogP contribution in [0.25, 0.3) is 44.5 Å². The van der Waals surface area contributed by atoms with E-state index in [0.29, 0.717) is 0 Å². The summed E-state index contributed by atoms with van der Waals surface area (Å²) in [6.45, 7) is 2.38. The lowest BCUT2D eigenvalue weighted by Crippen LogP contribution is -2.28. The molecule has 51 heavy (non-hydrogen) atoms. The van der Waals surface area contributed by atoms with Gasteiger partial charge in [0.05, 0.1) is 5.41 Å². The van der Waals surface area contributed by atoms with Gasteiger partial charge < -0.3 is 0 Å². The molecular weight excluding hydrogens is 613 g/mol. The third-order valence-corrected chi connectivity index (χ3v) is 11.7. The Morgan fingerprint density at radius 1 is 0.275 bits per heavy atom. The second-order valence-electron chi connectivity index (χ2n) is 14.2. The molecular formula is C51H36. The van der Waals surface area contributed by atoms with Crippen molar-refractivity contribution in [3.8, 4) is 44.5 Å². The number of hydrogen-bond acceptors (Lipinski definition) is 0. The highest BCUT2D eigenvalue weighted by molar-refractivity contribution is 5.92. The van der Waals surface area contributed by atoms with Crippen LogP contribution in [-0.2, 0) is 10.8 Å². The lowest BCUT2D eigenvalue weighted by Gasteiger charge is -2.34. The predicted octanol–water partition coefficient (Wildman–Crippen LogP) is 12.7. The fourth-order valence-electron chi connectivity index (χ4n) is 9.25. The minimum atomic E-state index is -0.435. The van der Waals surface area contributed by atoms with Gasteiger partial charge >= 0.3 is 0 Å². The largest absolute Gasteiger partial charge is 0.0713 e. The van der Waals surface area contributed by atoms with Crippen molar-refractivity contribution in [3.63, 3.8) is 0 Å². The average molecular weight is 649 g/mol. The van der Waals surface area contributed by atoms with Gasteiger partial charge in [0.1, 0.15) is 0 Å². The Hall–Kier alpha value is -6.24. The second kappa shape index (κ2) is 11.4. The van der Waals surface area contributed by atoms with Gasteiger partial charge in [-0.3, -0.25) is 0 Å². The molecule has 0 spiro atoms. The average Bonchev–Trinajstić information content (AvgIpc) is 3.65. The predicted molar refractivity (Wildman–Crippen MR) is 212 cm³/mol. The zero-order chi connectivity index (χ0) is 34.0. The lowest BCUT2D eigenvalue weighted by molar-refractivity contribution is 0.714. The van der Waals surface area contributed by atoms with Crippen LogP contribution in [0.1, 0.15) is 45.9 Å². The van der Waals surface area contributed by atoms with E-state index in [1.54, 1.807) is 0 Å². The molecule has 1 unspecified atom stereocenters. The Kier molecular flexibility index (Phi) is 6.63. The van der Waals surface area contributed by atoms with E-state index in [2.05, 4.69) is 207 Å². The maximum absolute atomic E-state index is 2.45. The zero-order valence-corrected chi connectivity index (χ0v) is 28.6. The third-order valence-electron chi connectivity index (χ3n) is 11.7. The molecule has 0 aromatic heterocycles. The minimum Gasteiger partial charge on any atom is -0.0622 e. The highest BCUT2D eigenvalue weighted by Crippen LogP contribution is 2.58. The van der Waals surface area contributed by atoms with E-state index in [1.165, 1.54) is 83.5 Å². The SMILES string of the molecule is CC1(c2ccccc2)c2ccccc2-c2cc(-c3ccc4c(c3)-c3cc(-c5ccccc5)ccc3C4(c3ccccc3)c3ccccc3)ccc21. The van der Waals surface area contributed by atoms with E-state index in [-0.39, 0.29) is 5.41 Å². The van der Waals surface area contributed by atoms with Gasteiger partial charge in [-0.1, -0.05) is 182 Å². The molecule has 0 saturated carbocycles. The highest BCUT2D eigenvalue weighted by Gasteiger charge is 2.46. The number of fused-ring (bicyclic) bond motifs is 6. The fraction of sp³-hybridized carbons (Fsp3) is 0.0588. The van der Waals surface area contributed by atoms with Crippen LogP contribution >= 0.6 is 0 Å². The van der Waals surface area contributed by atoms with E-state index in [1.807, 2.05) is 0 Å². The summed E-state index contributed by atoms with van der Waals surface area (Å²) in [5, 5.41) is 0. The molecule has 1 atom stereocenters. The van der Waals surface area contributed by atoms with Crippen molar-refractivity contribution in [2.75, 3.05) is 0 Å². The van der Waals surface area contributed by atoms with Gasteiger partial charge in [-0.25, -0.2) is 0 Å². The highest BCUT2D eigenvalue weighted by atomic mass is 14.5. The monoisotopic (exact) mass is 648 g/mol. The molecule has 0 saturated heterocycles. The van der Waals surface area contributed by atoms with Crippen molar-refractivity contribution in [1.82, 2.24) is 0 Å². The van der Waals surface area contributed by atoms with Gasteiger partial charge in [-0.2, -0.15) is 0 Å². The standard InChI is InChI=1S/C51H36/c1-50(39-18-8-3-9-19-39)46-25-15-14-24-42(46)43-33-37(26-29-47(43)50)38-28-31-49-45(34-38)44-32-36(35-16-6-2-7-17-35)27-30-48(44)51(49,40-20-10-4-11-21-40)41-22-12-5-13-23-41/h2-34H,1H3. The van der Waals surface area contributed by atoms with Crippen LogP contribution in [0.15, 0.2) is 200 Å². The Morgan fingerprint density at radius 2 is 0.647 bits per heavy atom. The molecule has 240 valence electrons. The fourth-order valence-corrected chi connectivity index (χ4v) is 9.25. The van der Waals surface area contributed by atoms with Crippen molar-refractivity contribution >= 4 is 0 Å². The normalized spacial score (nSPS) is 16.2. The molecule has 10 rings (SSSR count). The summed E-state index contributed by atoms with van der Waals surface area (Å²) in [5.41, 5.74) is 18.8. The van der Waals surface area contributed by atoms with Crippen LogP contribution in [-0.4, -0.2) is 0 Å². The summed E-state index contributed by atoms with van der Waals surface area (Å²) in [4.78, 5) is 0. The summed E-state index contributed by atoms with van der Waals surface area (Å²) in [5.74, 6) is 0. The van der Waals surface area contributed by atoms with E-state index < -0.39 is 5.41 Å². The van der Waals surface area contributed by atoms with Gasteiger partial charge in [-0.15, -0.1) is 0 Å². The van der Waals surface area contributed by atoms with Crippen LogP contribution in [0, 0.1) is 0 Å². The van der Waals surface area contributed by atoms with Crippen molar-refractivity contribution in [1.29, 1.82) is 0 Å². The summed E-state index contributed by atoms with van der Waals surface area (Å²) in [6, 6.07) is 74.3. The Bertz CT molecular complexity index is 2530. The van der Waals surface area contributed by atoms with E-state index >= 15 is 0 Å². The molecule has 0 aliphatic heterocycles. The first-order valence-electron chi connectivity index (χ1n) is 17.9. The van der Waals surface area contributed by atoms with Crippen LogP contribution in [0.4, 0.5) is 0 Å². The van der Waals surface area contributed by atoms with Crippen LogP contribution < -0.4 is 0 Å². The Labute approximate surface area is 300 Å². The van der Waals surface area contributed by atoms with Gasteiger partial charge in [-0.05, 0) is 109 Å². The molecule has 0 fully saturated rings. The summed E-state index contributed by atoms with van der Waals surface area (Å²) in [7, 11) is 0. The Balaban J connectivity index is 1.20. The lowest BCUT2D eigenvalue weighted by atomic mass is 9.67. The molecule has 0 amide bonds. The first kappa shape index (κ1) is 29.7. The first-order chi connectivity index (χ1) is 25.2. The van der Waals surface area contributed by atoms with Gasteiger partial charge in [0.2, 0.25) is 0 Å². The number of rotatable bonds is 5. The van der Waals surface area contributed by atoms with Crippen molar-refractivity contribution in [2.45, 2.75) is 17.8 Å². The van der Waals surface area contributed by atoms with Crippen molar-refractivity contribution in [3.05, 3.63) is 239 Å². The number of hydrogen-bond donors (Lipinski definition) is 0. The van der Waals surface area contributed by atoms with Crippen molar-refractivity contribution < 1.29 is 0 Å². The zero-order valence-electron chi connectivity index (χ0n) is 28.6. The number of benzene rings is 8. The van der Waals surface area contributed by atoms with Crippen LogP contribution in [0.2, 0.25) is 0 Å². The molecule has 0 nitrogen and oxygen atoms in total. The molecule has 8 aromatic rings. The first-order valence-corrected chi connectivity index (χ1v) is 17.9. The third kappa shape index (κ3) is 4.27.